The number of carbonyl (C=O) groups excluding carboxylic acids is 1. The Labute approximate surface area is 140 Å². The topological polar surface area (TPSA) is 64.0 Å². The average Bonchev–Trinajstić information content (AvgIpc) is 3.11. The van der Waals surface area contributed by atoms with Gasteiger partial charge in [-0.2, -0.15) is 0 Å². The van der Waals surface area contributed by atoms with Gasteiger partial charge in [-0.15, -0.1) is 0 Å². The summed E-state index contributed by atoms with van der Waals surface area (Å²) in [6.07, 6.45) is 4.86. The third-order valence-electron chi connectivity index (χ3n) is 6.90. The van der Waals surface area contributed by atoms with Crippen LogP contribution in [-0.2, 0) is 6.54 Å². The molecule has 0 spiro atoms. The minimum atomic E-state index is -0.260. The second-order valence-corrected chi connectivity index (χ2v) is 8.96. The normalized spacial score (nSPS) is 33.7. The van der Waals surface area contributed by atoms with Crippen LogP contribution < -0.4 is 10.9 Å². The first-order valence-corrected chi connectivity index (χ1v) is 9.36. The highest BCUT2D eigenvalue weighted by Gasteiger charge is 2.61. The highest BCUT2D eigenvalue weighted by Crippen LogP contribution is 2.65. The van der Waals surface area contributed by atoms with Crippen molar-refractivity contribution < 1.29 is 4.79 Å². The SMILES string of the molecule is CC1(C)C2CCC1(C)C(NC(=O)c1cnc3n(c1=O)CCS3)C2. The average molecular weight is 333 g/mol. The van der Waals surface area contributed by atoms with Gasteiger partial charge < -0.3 is 5.32 Å². The summed E-state index contributed by atoms with van der Waals surface area (Å²) in [5, 5.41) is 3.88. The first-order chi connectivity index (χ1) is 10.8. The Morgan fingerprint density at radius 1 is 1.43 bits per heavy atom. The van der Waals surface area contributed by atoms with Crippen molar-refractivity contribution in [1.29, 1.82) is 0 Å². The number of amides is 1. The number of aromatic nitrogens is 2. The van der Waals surface area contributed by atoms with Crippen molar-refractivity contribution in [1.82, 2.24) is 14.9 Å². The van der Waals surface area contributed by atoms with Gasteiger partial charge in [-0.3, -0.25) is 14.2 Å². The van der Waals surface area contributed by atoms with E-state index >= 15 is 0 Å². The summed E-state index contributed by atoms with van der Waals surface area (Å²) in [5.74, 6) is 1.25. The summed E-state index contributed by atoms with van der Waals surface area (Å²) in [6, 6.07) is 0.149. The Balaban J connectivity index is 1.60. The minimum Gasteiger partial charge on any atom is -0.349 e. The minimum absolute atomic E-state index is 0.115. The van der Waals surface area contributed by atoms with Gasteiger partial charge in [0.1, 0.15) is 5.56 Å². The Bertz CT molecular complexity index is 742. The zero-order chi connectivity index (χ0) is 16.4. The fourth-order valence-electron chi connectivity index (χ4n) is 4.83. The van der Waals surface area contributed by atoms with Gasteiger partial charge in [0.2, 0.25) is 0 Å². The van der Waals surface area contributed by atoms with Gasteiger partial charge in [-0.25, -0.2) is 4.98 Å². The van der Waals surface area contributed by atoms with Crippen LogP contribution in [0, 0.1) is 16.7 Å². The number of hydrogen-bond donors (Lipinski definition) is 1. The molecule has 2 aliphatic carbocycles. The molecule has 3 unspecified atom stereocenters. The van der Waals surface area contributed by atoms with Crippen LogP contribution in [0.1, 0.15) is 50.4 Å². The molecule has 6 heteroatoms. The molecule has 4 rings (SSSR count). The molecule has 2 fully saturated rings. The molecule has 1 aliphatic heterocycles. The van der Waals surface area contributed by atoms with Crippen LogP contribution in [0.5, 0.6) is 0 Å². The van der Waals surface area contributed by atoms with Crippen molar-refractivity contribution in [3.05, 3.63) is 22.1 Å². The third-order valence-corrected chi connectivity index (χ3v) is 7.87. The summed E-state index contributed by atoms with van der Waals surface area (Å²) in [5.41, 5.74) is 0.335. The maximum atomic E-state index is 12.7. The quantitative estimate of drug-likeness (QED) is 0.844. The fraction of sp³-hybridized carbons (Fsp3) is 0.706. The van der Waals surface area contributed by atoms with Gasteiger partial charge in [0.15, 0.2) is 5.16 Å². The molecule has 0 aromatic carbocycles. The molecule has 23 heavy (non-hydrogen) atoms. The molecule has 0 radical (unpaired) electrons. The van der Waals surface area contributed by atoms with Crippen molar-refractivity contribution >= 4 is 17.7 Å². The van der Waals surface area contributed by atoms with E-state index in [9.17, 15) is 9.59 Å². The molecule has 2 bridgehead atoms. The number of rotatable bonds is 2. The van der Waals surface area contributed by atoms with E-state index in [-0.39, 0.29) is 33.9 Å². The number of fused-ring (bicyclic) bond motifs is 3. The van der Waals surface area contributed by atoms with E-state index in [0.717, 1.165) is 23.8 Å². The van der Waals surface area contributed by atoms with Crippen molar-refractivity contribution in [2.45, 2.75) is 57.8 Å². The van der Waals surface area contributed by atoms with Crippen LogP contribution in [0.25, 0.3) is 0 Å². The molecular weight excluding hydrogens is 310 g/mol. The molecule has 1 aromatic heterocycles. The standard InChI is InChI=1S/C17H23N3O2S/c1-16(2)10-4-5-17(16,3)12(8-10)19-13(21)11-9-18-15-20(14(11)22)6-7-23-15/h9-10,12H,4-8H2,1-3H3,(H,19,21). The number of nitrogens with one attached hydrogen (secondary N) is 1. The zero-order valence-corrected chi connectivity index (χ0v) is 14.7. The van der Waals surface area contributed by atoms with Gasteiger partial charge >= 0.3 is 0 Å². The van der Waals surface area contributed by atoms with Crippen LogP contribution in [0.15, 0.2) is 16.1 Å². The Hall–Kier alpha value is -1.30. The lowest BCUT2D eigenvalue weighted by Crippen LogP contribution is -2.48. The summed E-state index contributed by atoms with van der Waals surface area (Å²) in [7, 11) is 0. The van der Waals surface area contributed by atoms with E-state index < -0.39 is 0 Å². The highest BCUT2D eigenvalue weighted by atomic mass is 32.2. The lowest BCUT2D eigenvalue weighted by molar-refractivity contribution is 0.0823. The second-order valence-electron chi connectivity index (χ2n) is 7.90. The molecule has 2 saturated carbocycles. The maximum absolute atomic E-state index is 12.7. The first-order valence-electron chi connectivity index (χ1n) is 8.38. The molecule has 0 saturated heterocycles. The lowest BCUT2D eigenvalue weighted by atomic mass is 9.69. The van der Waals surface area contributed by atoms with Crippen LogP contribution >= 0.6 is 11.8 Å². The summed E-state index contributed by atoms with van der Waals surface area (Å²) in [4.78, 5) is 29.4. The van der Waals surface area contributed by atoms with E-state index in [0.29, 0.717) is 12.5 Å². The molecule has 1 aromatic rings. The van der Waals surface area contributed by atoms with Gasteiger partial charge in [-0.05, 0) is 36.0 Å². The summed E-state index contributed by atoms with van der Waals surface area (Å²) >= 11 is 1.56. The molecule has 5 nitrogen and oxygen atoms in total. The molecule has 3 aliphatic rings. The molecule has 2 heterocycles. The molecule has 124 valence electrons. The van der Waals surface area contributed by atoms with Gasteiger partial charge in [0.25, 0.3) is 11.5 Å². The summed E-state index contributed by atoms with van der Waals surface area (Å²) in [6.45, 7) is 7.57. The largest absolute Gasteiger partial charge is 0.349 e. The molecule has 1 N–H and O–H groups in total. The number of hydrogen-bond acceptors (Lipinski definition) is 4. The fourth-order valence-corrected chi connectivity index (χ4v) is 5.74. The van der Waals surface area contributed by atoms with E-state index in [4.69, 9.17) is 0 Å². The predicted octanol–water partition coefficient (Wildman–Crippen LogP) is 2.29. The number of thioether (sulfide) groups is 1. The Morgan fingerprint density at radius 2 is 2.22 bits per heavy atom. The van der Waals surface area contributed by atoms with Crippen LogP contribution in [0.3, 0.4) is 0 Å². The van der Waals surface area contributed by atoms with E-state index in [1.54, 1.807) is 16.3 Å². The highest BCUT2D eigenvalue weighted by molar-refractivity contribution is 7.99. The molecular formula is C17H23N3O2S. The first kappa shape index (κ1) is 15.2. The van der Waals surface area contributed by atoms with E-state index in [1.807, 2.05) is 0 Å². The second kappa shape index (κ2) is 4.85. The molecule has 1 amide bonds. The van der Waals surface area contributed by atoms with Crippen LogP contribution in [0.2, 0.25) is 0 Å². The van der Waals surface area contributed by atoms with Gasteiger partial charge in [0.05, 0.1) is 0 Å². The lowest BCUT2D eigenvalue weighted by Gasteiger charge is -2.39. The van der Waals surface area contributed by atoms with Crippen molar-refractivity contribution in [3.8, 4) is 0 Å². The zero-order valence-electron chi connectivity index (χ0n) is 13.9. The van der Waals surface area contributed by atoms with E-state index in [2.05, 4.69) is 31.1 Å². The van der Waals surface area contributed by atoms with Crippen LogP contribution in [0.4, 0.5) is 0 Å². The van der Waals surface area contributed by atoms with Crippen molar-refractivity contribution in [2.75, 3.05) is 5.75 Å². The predicted molar refractivity (Wildman–Crippen MR) is 89.7 cm³/mol. The smallest absolute Gasteiger partial charge is 0.267 e. The van der Waals surface area contributed by atoms with E-state index in [1.165, 1.54) is 12.6 Å². The monoisotopic (exact) mass is 333 g/mol. The van der Waals surface area contributed by atoms with Crippen molar-refractivity contribution in [2.24, 2.45) is 16.7 Å². The summed E-state index contributed by atoms with van der Waals surface area (Å²) < 4.78 is 1.62. The number of nitrogens with zero attached hydrogens (tertiary/aromatic N) is 2. The van der Waals surface area contributed by atoms with Crippen molar-refractivity contribution in [3.63, 3.8) is 0 Å². The Morgan fingerprint density at radius 3 is 2.87 bits per heavy atom. The number of carbonyl (C=O) groups is 1. The Kier molecular flexibility index (Phi) is 3.21. The van der Waals surface area contributed by atoms with Crippen LogP contribution in [-0.4, -0.2) is 27.3 Å². The molecule has 3 atom stereocenters. The van der Waals surface area contributed by atoms with Gasteiger partial charge in [-0.1, -0.05) is 32.5 Å². The third kappa shape index (κ3) is 1.96. The maximum Gasteiger partial charge on any atom is 0.267 e. The van der Waals surface area contributed by atoms with Gasteiger partial charge in [0, 0.05) is 24.5 Å².